The van der Waals surface area contributed by atoms with Gasteiger partial charge in [-0.1, -0.05) is 44.6 Å². The number of carbonyl (C=O) groups is 2. The molecule has 0 aliphatic carbocycles. The number of benzene rings is 1. The molecule has 2 atom stereocenters. The highest BCUT2D eigenvalue weighted by molar-refractivity contribution is 5.91. The standard InChI is InChI=1S/C18H21NO5/c1-3-12(2)17(18(21)22)19-16(20)7-5-4-6-13-8-9-14-15(10-13)24-11-23-14/h4-10,12,17H,3,11H2,1-2H3,(H,19,20)(H,21,22)/b6-4+,7-5+/t12?,17-/m0/s1. The van der Waals surface area contributed by atoms with Gasteiger partial charge in [0.25, 0.3) is 0 Å². The predicted molar refractivity (Wildman–Crippen MR) is 89.8 cm³/mol. The molecule has 1 amide bonds. The number of carboxylic acids is 1. The normalized spacial score (nSPS) is 15.6. The predicted octanol–water partition coefficient (Wildman–Crippen LogP) is 2.60. The number of allylic oxidation sites excluding steroid dienone is 2. The Labute approximate surface area is 140 Å². The van der Waals surface area contributed by atoms with Crippen LogP contribution < -0.4 is 14.8 Å². The van der Waals surface area contributed by atoms with Crippen LogP contribution in [0.4, 0.5) is 0 Å². The van der Waals surface area contributed by atoms with Crippen molar-refractivity contribution in [1.82, 2.24) is 5.32 Å². The van der Waals surface area contributed by atoms with E-state index in [2.05, 4.69) is 5.32 Å². The molecule has 1 unspecified atom stereocenters. The number of aliphatic carboxylic acids is 1. The number of amides is 1. The van der Waals surface area contributed by atoms with E-state index in [1.165, 1.54) is 6.08 Å². The molecule has 2 N–H and O–H groups in total. The molecule has 1 aromatic carbocycles. The van der Waals surface area contributed by atoms with E-state index >= 15 is 0 Å². The van der Waals surface area contributed by atoms with Crippen LogP contribution in [-0.4, -0.2) is 29.8 Å². The maximum Gasteiger partial charge on any atom is 0.326 e. The first kappa shape index (κ1) is 17.6. The van der Waals surface area contributed by atoms with Crippen LogP contribution in [0.5, 0.6) is 11.5 Å². The van der Waals surface area contributed by atoms with Crippen LogP contribution in [0.1, 0.15) is 25.8 Å². The average molecular weight is 331 g/mol. The number of hydrogen-bond acceptors (Lipinski definition) is 4. The van der Waals surface area contributed by atoms with Crippen molar-refractivity contribution in [3.05, 3.63) is 42.0 Å². The summed E-state index contributed by atoms with van der Waals surface area (Å²) in [6.45, 7) is 3.91. The van der Waals surface area contributed by atoms with Crippen LogP contribution in [0.15, 0.2) is 36.4 Å². The second kappa shape index (κ2) is 8.19. The highest BCUT2D eigenvalue weighted by Crippen LogP contribution is 2.32. The zero-order chi connectivity index (χ0) is 17.5. The molecule has 0 spiro atoms. The van der Waals surface area contributed by atoms with E-state index in [1.807, 2.05) is 31.2 Å². The van der Waals surface area contributed by atoms with Gasteiger partial charge in [-0.25, -0.2) is 4.79 Å². The van der Waals surface area contributed by atoms with E-state index in [9.17, 15) is 9.59 Å². The van der Waals surface area contributed by atoms with Crippen molar-refractivity contribution >= 4 is 18.0 Å². The van der Waals surface area contributed by atoms with Crippen LogP contribution in [0.25, 0.3) is 6.08 Å². The summed E-state index contributed by atoms with van der Waals surface area (Å²) in [5.74, 6) is -0.187. The third-order valence-electron chi connectivity index (χ3n) is 3.82. The number of fused-ring (bicyclic) bond motifs is 1. The molecule has 128 valence electrons. The lowest BCUT2D eigenvalue weighted by Crippen LogP contribution is -2.44. The number of carbonyl (C=O) groups excluding carboxylic acids is 1. The van der Waals surface area contributed by atoms with Crippen LogP contribution in [0.2, 0.25) is 0 Å². The maximum absolute atomic E-state index is 11.8. The highest BCUT2D eigenvalue weighted by Gasteiger charge is 2.24. The van der Waals surface area contributed by atoms with Gasteiger partial charge < -0.3 is 19.9 Å². The number of nitrogens with one attached hydrogen (secondary N) is 1. The molecule has 0 saturated carbocycles. The quantitative estimate of drug-likeness (QED) is 0.592. The topological polar surface area (TPSA) is 84.9 Å². The van der Waals surface area contributed by atoms with Crippen LogP contribution >= 0.6 is 0 Å². The molecule has 0 aromatic heterocycles. The molecule has 2 rings (SSSR count). The Morgan fingerprint density at radius 2 is 2.04 bits per heavy atom. The van der Waals surface area contributed by atoms with Crippen molar-refractivity contribution in [3.8, 4) is 11.5 Å². The minimum atomic E-state index is -1.03. The summed E-state index contributed by atoms with van der Waals surface area (Å²) < 4.78 is 10.5. The van der Waals surface area contributed by atoms with E-state index < -0.39 is 17.9 Å². The first-order valence-corrected chi connectivity index (χ1v) is 7.79. The summed E-state index contributed by atoms with van der Waals surface area (Å²) in [7, 11) is 0. The Bertz CT molecular complexity index is 665. The molecule has 0 bridgehead atoms. The third kappa shape index (κ3) is 4.62. The van der Waals surface area contributed by atoms with Gasteiger partial charge in [-0.3, -0.25) is 4.79 Å². The van der Waals surface area contributed by atoms with E-state index in [0.717, 1.165) is 5.56 Å². The van der Waals surface area contributed by atoms with Gasteiger partial charge in [0.2, 0.25) is 12.7 Å². The van der Waals surface area contributed by atoms with Gasteiger partial charge in [-0.15, -0.1) is 0 Å². The number of carboxylic acid groups (broad SMARTS) is 1. The summed E-state index contributed by atoms with van der Waals surface area (Å²) in [5.41, 5.74) is 0.910. The van der Waals surface area contributed by atoms with Gasteiger partial charge in [0.15, 0.2) is 11.5 Å². The number of ether oxygens (including phenoxy) is 2. The Hall–Kier alpha value is -2.76. The molecule has 24 heavy (non-hydrogen) atoms. The fourth-order valence-corrected chi connectivity index (χ4v) is 2.21. The van der Waals surface area contributed by atoms with Crippen molar-refractivity contribution in [3.63, 3.8) is 0 Å². The summed E-state index contributed by atoms with van der Waals surface area (Å²) in [4.78, 5) is 23.0. The Morgan fingerprint density at radius 3 is 2.75 bits per heavy atom. The average Bonchev–Trinajstić information content (AvgIpc) is 3.03. The fourth-order valence-electron chi connectivity index (χ4n) is 2.21. The number of hydrogen-bond donors (Lipinski definition) is 2. The molecule has 1 heterocycles. The highest BCUT2D eigenvalue weighted by atomic mass is 16.7. The number of rotatable bonds is 7. The fraction of sp³-hybridized carbons (Fsp3) is 0.333. The van der Waals surface area contributed by atoms with Gasteiger partial charge >= 0.3 is 5.97 Å². The minimum absolute atomic E-state index is 0.135. The van der Waals surface area contributed by atoms with E-state index in [-0.39, 0.29) is 12.7 Å². The van der Waals surface area contributed by atoms with Crippen LogP contribution in [0.3, 0.4) is 0 Å². The molecular weight excluding hydrogens is 310 g/mol. The molecular formula is C18H21NO5. The lowest BCUT2D eigenvalue weighted by Gasteiger charge is -2.19. The maximum atomic E-state index is 11.8. The lowest BCUT2D eigenvalue weighted by molar-refractivity contribution is -0.142. The molecule has 6 nitrogen and oxygen atoms in total. The minimum Gasteiger partial charge on any atom is -0.480 e. The van der Waals surface area contributed by atoms with Gasteiger partial charge in [0.1, 0.15) is 6.04 Å². The summed E-state index contributed by atoms with van der Waals surface area (Å²) in [6, 6.07) is 4.66. The van der Waals surface area contributed by atoms with Crippen molar-refractivity contribution in [1.29, 1.82) is 0 Å². The van der Waals surface area contributed by atoms with Crippen LogP contribution in [-0.2, 0) is 9.59 Å². The monoisotopic (exact) mass is 331 g/mol. The SMILES string of the molecule is CCC(C)[C@H](NC(=O)/C=C/C=C/c1ccc2c(c1)OCO2)C(=O)O. The van der Waals surface area contributed by atoms with Crippen molar-refractivity contribution < 1.29 is 24.2 Å². The van der Waals surface area contributed by atoms with Crippen molar-refractivity contribution in [2.45, 2.75) is 26.3 Å². The first-order valence-electron chi connectivity index (χ1n) is 7.79. The molecule has 0 radical (unpaired) electrons. The zero-order valence-corrected chi connectivity index (χ0v) is 13.7. The van der Waals surface area contributed by atoms with E-state index in [4.69, 9.17) is 14.6 Å². The molecule has 0 fully saturated rings. The second-order valence-electron chi connectivity index (χ2n) is 5.54. The third-order valence-corrected chi connectivity index (χ3v) is 3.82. The Balaban J connectivity index is 1.90. The summed E-state index contributed by atoms with van der Waals surface area (Å²) in [5, 5.41) is 11.7. The summed E-state index contributed by atoms with van der Waals surface area (Å²) in [6.07, 6.45) is 7.06. The van der Waals surface area contributed by atoms with Crippen molar-refractivity contribution in [2.24, 2.45) is 5.92 Å². The second-order valence-corrected chi connectivity index (χ2v) is 5.54. The van der Waals surface area contributed by atoms with Gasteiger partial charge in [0, 0.05) is 6.08 Å². The largest absolute Gasteiger partial charge is 0.480 e. The Morgan fingerprint density at radius 1 is 1.29 bits per heavy atom. The van der Waals surface area contributed by atoms with E-state index in [0.29, 0.717) is 17.9 Å². The zero-order valence-electron chi connectivity index (χ0n) is 13.7. The smallest absolute Gasteiger partial charge is 0.326 e. The molecule has 1 aliphatic rings. The lowest BCUT2D eigenvalue weighted by atomic mass is 9.99. The van der Waals surface area contributed by atoms with E-state index in [1.54, 1.807) is 19.1 Å². The Kier molecular flexibility index (Phi) is 6.01. The van der Waals surface area contributed by atoms with Gasteiger partial charge in [-0.2, -0.15) is 0 Å². The first-order chi connectivity index (χ1) is 11.5. The molecule has 1 aliphatic heterocycles. The van der Waals surface area contributed by atoms with Crippen LogP contribution in [0, 0.1) is 5.92 Å². The van der Waals surface area contributed by atoms with Gasteiger partial charge in [0.05, 0.1) is 0 Å². The van der Waals surface area contributed by atoms with Gasteiger partial charge in [-0.05, 0) is 23.6 Å². The summed E-state index contributed by atoms with van der Waals surface area (Å²) >= 11 is 0. The molecule has 0 saturated heterocycles. The van der Waals surface area contributed by atoms with Crippen molar-refractivity contribution in [2.75, 3.05) is 6.79 Å². The molecule has 1 aromatic rings. The molecule has 6 heteroatoms.